The van der Waals surface area contributed by atoms with Gasteiger partial charge in [-0.15, -0.1) is 0 Å². The van der Waals surface area contributed by atoms with Crippen molar-refractivity contribution in [3.05, 3.63) is 38.6 Å². The zero-order valence-corrected chi connectivity index (χ0v) is 14.9. The van der Waals surface area contributed by atoms with Gasteiger partial charge in [-0.25, -0.2) is 5.43 Å². The number of pyridine rings is 1. The maximum atomic E-state index is 12.1. The molecule has 0 radical (unpaired) electrons. The van der Waals surface area contributed by atoms with Crippen molar-refractivity contribution in [2.24, 2.45) is 5.10 Å². The minimum absolute atomic E-state index is 0.00150. The molecule has 6 N–H and O–H groups in total. The van der Waals surface area contributed by atoms with Crippen molar-refractivity contribution in [3.8, 4) is 17.2 Å². The lowest BCUT2D eigenvalue weighted by atomic mass is 10.2. The van der Waals surface area contributed by atoms with Crippen molar-refractivity contribution in [2.45, 2.75) is 0 Å². The number of aromatic nitrogens is 1. The van der Waals surface area contributed by atoms with Gasteiger partial charge in [0.2, 0.25) is 5.75 Å². The summed E-state index contributed by atoms with van der Waals surface area (Å²) < 4.78 is 4.89. The molecule has 1 heterocycles. The Balaban J connectivity index is 2.21. The lowest BCUT2D eigenvalue weighted by Crippen LogP contribution is -2.28. The Kier molecular flexibility index (Phi) is 5.78. The summed E-state index contributed by atoms with van der Waals surface area (Å²) in [7, 11) is 1.32. The van der Waals surface area contributed by atoms with Crippen molar-refractivity contribution in [1.82, 2.24) is 5.43 Å². The van der Waals surface area contributed by atoms with E-state index >= 15 is 0 Å². The molecule has 0 aliphatic rings. The topological polar surface area (TPSA) is 131 Å². The molecular formula is C14H12Cl3N4O4+. The highest BCUT2D eigenvalue weighted by atomic mass is 35.5. The Morgan fingerprint density at radius 2 is 2.00 bits per heavy atom. The molecule has 25 heavy (non-hydrogen) atoms. The van der Waals surface area contributed by atoms with Crippen LogP contribution < -0.4 is 20.9 Å². The molecule has 2 aromatic rings. The molecule has 0 bridgehead atoms. The number of carbonyl (C=O) groups is 1. The van der Waals surface area contributed by atoms with Crippen LogP contribution in [0.3, 0.4) is 0 Å². The number of carbonyl (C=O) groups excluding carboxylic acids is 1. The zero-order chi connectivity index (χ0) is 18.7. The van der Waals surface area contributed by atoms with E-state index in [2.05, 4.69) is 15.5 Å². The third-order valence-electron chi connectivity index (χ3n) is 3.02. The zero-order valence-electron chi connectivity index (χ0n) is 12.6. The predicted molar refractivity (Wildman–Crippen MR) is 93.8 cm³/mol. The van der Waals surface area contributed by atoms with Gasteiger partial charge in [-0.1, -0.05) is 23.2 Å². The average molecular weight is 407 g/mol. The van der Waals surface area contributed by atoms with Crippen molar-refractivity contribution in [3.63, 3.8) is 0 Å². The number of nitrogens with zero attached hydrogens (tertiary/aromatic N) is 1. The van der Waals surface area contributed by atoms with Crippen LogP contribution in [0.15, 0.2) is 17.2 Å². The molecule has 0 aliphatic carbocycles. The average Bonchev–Trinajstić information content (AvgIpc) is 2.58. The first kappa shape index (κ1) is 18.9. The number of ether oxygens (including phenoxy) is 1. The highest BCUT2D eigenvalue weighted by Gasteiger charge is 2.25. The molecule has 11 heteroatoms. The second-order valence-corrected chi connectivity index (χ2v) is 5.78. The van der Waals surface area contributed by atoms with E-state index in [-0.39, 0.29) is 32.3 Å². The number of aromatic amines is 1. The molecule has 8 nitrogen and oxygen atoms in total. The number of halogens is 3. The molecule has 2 rings (SSSR count). The maximum absolute atomic E-state index is 12.1. The van der Waals surface area contributed by atoms with Crippen LogP contribution in [0.4, 0.5) is 5.69 Å². The summed E-state index contributed by atoms with van der Waals surface area (Å²) in [6.07, 6.45) is 1.22. The molecule has 1 aromatic heterocycles. The summed E-state index contributed by atoms with van der Waals surface area (Å²) in [5.41, 5.74) is 8.04. The smallest absolute Gasteiger partial charge is 0.337 e. The van der Waals surface area contributed by atoms with Gasteiger partial charge >= 0.3 is 5.91 Å². The third-order valence-corrected chi connectivity index (χ3v) is 4.19. The molecule has 0 aliphatic heterocycles. The van der Waals surface area contributed by atoms with E-state index in [0.29, 0.717) is 5.56 Å². The minimum atomic E-state index is -0.721. The lowest BCUT2D eigenvalue weighted by Gasteiger charge is -2.06. The van der Waals surface area contributed by atoms with Crippen LogP contribution in [0.5, 0.6) is 17.2 Å². The van der Waals surface area contributed by atoms with Gasteiger partial charge in [0.25, 0.3) is 10.8 Å². The number of methoxy groups -OCH3 is 1. The fraction of sp³-hybridized carbons (Fsp3) is 0.0714. The van der Waals surface area contributed by atoms with E-state index in [4.69, 9.17) is 45.3 Å². The van der Waals surface area contributed by atoms with Gasteiger partial charge in [0.05, 0.1) is 19.0 Å². The number of amides is 1. The van der Waals surface area contributed by atoms with Gasteiger partial charge in [0, 0.05) is 5.56 Å². The standard InChI is InChI=1S/C14H11Cl3N4O4/c1-25-7-3-5(2-6(22)12(7)23)4-19-21-14(24)11-8(15)10(18)9(16)13(17)20-11/h2-4,22-23H,1H3,(H2,18,20)(H,21,24)/p+1/b19-4+. The summed E-state index contributed by atoms with van der Waals surface area (Å²) in [4.78, 5) is 14.6. The van der Waals surface area contributed by atoms with Gasteiger partial charge < -0.3 is 20.7 Å². The third kappa shape index (κ3) is 3.98. The number of hydrogen-bond donors (Lipinski definition) is 4. The first-order valence-electron chi connectivity index (χ1n) is 6.54. The predicted octanol–water partition coefficient (Wildman–Crippen LogP) is 2.23. The van der Waals surface area contributed by atoms with Crippen LogP contribution in [0.25, 0.3) is 0 Å². The minimum Gasteiger partial charge on any atom is -0.504 e. The van der Waals surface area contributed by atoms with Crippen LogP contribution >= 0.6 is 34.8 Å². The fourth-order valence-corrected chi connectivity index (χ4v) is 2.40. The van der Waals surface area contributed by atoms with Crippen LogP contribution in [-0.2, 0) is 0 Å². The molecule has 0 saturated carbocycles. The molecule has 0 unspecified atom stereocenters. The number of H-pyrrole nitrogens is 1. The van der Waals surface area contributed by atoms with Crippen molar-refractivity contribution in [1.29, 1.82) is 0 Å². The SMILES string of the molecule is COc1cc(/C=N/NC(=O)c2[nH+]c(Cl)c(Cl)c(N)c2Cl)cc(O)c1O. The Morgan fingerprint density at radius 1 is 1.32 bits per heavy atom. The van der Waals surface area contributed by atoms with E-state index in [1.807, 2.05) is 0 Å². The highest BCUT2D eigenvalue weighted by Crippen LogP contribution is 2.35. The number of hydrazone groups is 1. The Hall–Kier alpha value is -2.42. The summed E-state index contributed by atoms with van der Waals surface area (Å²) in [6.45, 7) is 0. The lowest BCUT2D eigenvalue weighted by molar-refractivity contribution is -0.379. The largest absolute Gasteiger partial charge is 0.504 e. The summed E-state index contributed by atoms with van der Waals surface area (Å²) in [5, 5.41) is 22.7. The second kappa shape index (κ2) is 7.64. The van der Waals surface area contributed by atoms with Crippen molar-refractivity contribution >= 4 is 52.6 Å². The summed E-state index contributed by atoms with van der Waals surface area (Å²) >= 11 is 17.6. The Labute approximate surface area is 156 Å². The van der Waals surface area contributed by atoms with E-state index in [9.17, 15) is 15.0 Å². The Morgan fingerprint density at radius 3 is 2.64 bits per heavy atom. The van der Waals surface area contributed by atoms with Gasteiger partial charge in [-0.2, -0.15) is 10.1 Å². The number of anilines is 1. The van der Waals surface area contributed by atoms with Crippen molar-refractivity contribution in [2.75, 3.05) is 12.8 Å². The number of rotatable bonds is 4. The van der Waals surface area contributed by atoms with Gasteiger partial charge in [0.15, 0.2) is 11.5 Å². The molecule has 1 aromatic carbocycles. The fourth-order valence-electron chi connectivity index (χ4n) is 1.79. The van der Waals surface area contributed by atoms with E-state index < -0.39 is 17.4 Å². The maximum Gasteiger partial charge on any atom is 0.337 e. The normalized spacial score (nSPS) is 10.9. The molecule has 132 valence electrons. The second-order valence-electron chi connectivity index (χ2n) is 4.65. The van der Waals surface area contributed by atoms with Crippen LogP contribution in [0.2, 0.25) is 15.2 Å². The molecule has 1 amide bonds. The van der Waals surface area contributed by atoms with E-state index in [0.717, 1.165) is 0 Å². The number of hydrogen-bond acceptors (Lipinski definition) is 6. The van der Waals surface area contributed by atoms with Crippen LogP contribution in [0.1, 0.15) is 16.1 Å². The number of nitrogens with one attached hydrogen (secondary N) is 2. The van der Waals surface area contributed by atoms with Crippen molar-refractivity contribution < 1.29 is 24.7 Å². The van der Waals surface area contributed by atoms with Gasteiger partial charge in [-0.3, -0.25) is 4.79 Å². The molecule has 0 atom stereocenters. The number of nitrogen functional groups attached to an aromatic ring is 1. The number of aromatic hydroxyl groups is 2. The number of nitrogens with two attached hydrogens (primary N) is 1. The van der Waals surface area contributed by atoms with Crippen LogP contribution in [0, 0.1) is 0 Å². The first-order valence-corrected chi connectivity index (χ1v) is 7.68. The van der Waals surface area contributed by atoms with Gasteiger partial charge in [-0.05, 0) is 23.7 Å². The highest BCUT2D eigenvalue weighted by molar-refractivity contribution is 6.45. The number of phenols is 2. The number of phenolic OH excluding ortho intramolecular Hbond substituents is 2. The molecule has 0 spiro atoms. The summed E-state index contributed by atoms with van der Waals surface area (Å²) in [6, 6.07) is 2.63. The van der Waals surface area contributed by atoms with Crippen LogP contribution in [-0.4, -0.2) is 29.4 Å². The first-order chi connectivity index (χ1) is 11.8. The molecule has 0 saturated heterocycles. The van der Waals surface area contributed by atoms with Gasteiger partial charge in [0.1, 0.15) is 10.0 Å². The summed E-state index contributed by atoms with van der Waals surface area (Å²) in [5.74, 6) is -1.49. The Bertz CT molecular complexity index is 874. The molecule has 0 fully saturated rings. The quantitative estimate of drug-likeness (QED) is 0.267. The monoisotopic (exact) mass is 405 g/mol. The van der Waals surface area contributed by atoms with E-state index in [1.54, 1.807) is 0 Å². The molecular weight excluding hydrogens is 395 g/mol. The van der Waals surface area contributed by atoms with E-state index in [1.165, 1.54) is 25.5 Å². The number of benzene rings is 1.